The van der Waals surface area contributed by atoms with Crippen LogP contribution in [-0.2, 0) is 16.0 Å². The monoisotopic (exact) mass is 276 g/mol. The van der Waals surface area contributed by atoms with Gasteiger partial charge in [-0.1, -0.05) is 42.1 Å². The highest BCUT2D eigenvalue weighted by atomic mass is 32.2. The Morgan fingerprint density at radius 1 is 1.37 bits per heavy atom. The Hall–Kier alpha value is -1.82. The molecule has 19 heavy (non-hydrogen) atoms. The topological polar surface area (TPSA) is 70.0 Å². The number of amides is 1. The summed E-state index contributed by atoms with van der Waals surface area (Å²) in [6.07, 6.45) is 0.701. The third-order valence-corrected chi connectivity index (χ3v) is 4.43. The Morgan fingerprint density at radius 3 is 2.79 bits per heavy atom. The quantitative estimate of drug-likeness (QED) is 0.833. The molecule has 0 aromatic heterocycles. The van der Waals surface area contributed by atoms with Gasteiger partial charge in [-0.3, -0.25) is 14.6 Å². The molecule has 2 aliphatic heterocycles. The molecule has 0 radical (unpaired) electrons. The summed E-state index contributed by atoms with van der Waals surface area (Å²) in [5, 5.41) is 9.53. The molecule has 1 aromatic rings. The van der Waals surface area contributed by atoms with E-state index in [0.717, 1.165) is 10.6 Å². The molecule has 2 aliphatic rings. The maximum Gasteiger partial charge on any atom is 0.323 e. The van der Waals surface area contributed by atoms with E-state index in [4.69, 9.17) is 5.11 Å². The van der Waals surface area contributed by atoms with Crippen molar-refractivity contribution in [2.45, 2.75) is 17.8 Å². The van der Waals surface area contributed by atoms with Crippen LogP contribution in [0.15, 0.2) is 35.3 Å². The predicted octanol–water partition coefficient (Wildman–Crippen LogP) is 0.996. The average molecular weight is 276 g/mol. The number of hydrogen-bond donors (Lipinski definition) is 1. The standard InChI is InChI=1S/C13H12N2O3S/c16-10(17)7-15-12(18)11-13(15)19-9(14-11)6-8-4-2-1-3-5-8/h1-5,11,13H,6-7H2,(H,16,17)/t11-,13-/m1/s1. The zero-order valence-corrected chi connectivity index (χ0v) is 10.8. The molecule has 6 heteroatoms. The number of β-lactam (4-membered cyclic amide) rings is 1. The number of likely N-dealkylation sites (tertiary alicyclic amines) is 1. The van der Waals surface area contributed by atoms with Crippen LogP contribution in [0.4, 0.5) is 0 Å². The lowest BCUT2D eigenvalue weighted by atomic mass is 10.1. The minimum absolute atomic E-state index is 0.123. The summed E-state index contributed by atoms with van der Waals surface area (Å²) in [5.74, 6) is -1.16. The van der Waals surface area contributed by atoms with Crippen molar-refractivity contribution in [3.8, 4) is 0 Å². The Labute approximate surface area is 114 Å². The summed E-state index contributed by atoms with van der Waals surface area (Å²) in [6.45, 7) is -0.235. The Balaban J connectivity index is 1.66. The van der Waals surface area contributed by atoms with Crippen LogP contribution >= 0.6 is 11.8 Å². The van der Waals surface area contributed by atoms with Crippen molar-refractivity contribution in [1.82, 2.24) is 4.90 Å². The average Bonchev–Trinajstić information content (AvgIpc) is 2.77. The molecule has 98 valence electrons. The number of carbonyl (C=O) groups is 2. The van der Waals surface area contributed by atoms with Crippen LogP contribution in [0.1, 0.15) is 5.56 Å². The first-order valence-electron chi connectivity index (χ1n) is 5.94. The van der Waals surface area contributed by atoms with Crippen LogP contribution < -0.4 is 0 Å². The van der Waals surface area contributed by atoms with Crippen molar-refractivity contribution < 1.29 is 14.7 Å². The SMILES string of the molecule is O=C(O)CN1C(=O)[C@H]2N=C(Cc3ccccc3)S[C@H]21. The zero-order valence-electron chi connectivity index (χ0n) is 10.0. The van der Waals surface area contributed by atoms with Crippen molar-refractivity contribution in [2.24, 2.45) is 4.99 Å². The number of nitrogens with zero attached hydrogens (tertiary/aromatic N) is 2. The summed E-state index contributed by atoms with van der Waals surface area (Å²) in [6, 6.07) is 9.54. The number of carboxylic acid groups (broad SMARTS) is 1. The maximum atomic E-state index is 11.7. The summed E-state index contributed by atoms with van der Waals surface area (Å²) < 4.78 is 0. The zero-order chi connectivity index (χ0) is 13.4. The highest BCUT2D eigenvalue weighted by molar-refractivity contribution is 8.14. The van der Waals surface area contributed by atoms with Gasteiger partial charge in [-0.25, -0.2) is 0 Å². The van der Waals surface area contributed by atoms with Crippen molar-refractivity contribution in [1.29, 1.82) is 0 Å². The molecule has 1 amide bonds. The number of thioether (sulfide) groups is 1. The Morgan fingerprint density at radius 2 is 2.11 bits per heavy atom. The van der Waals surface area contributed by atoms with E-state index < -0.39 is 5.97 Å². The maximum absolute atomic E-state index is 11.7. The molecular weight excluding hydrogens is 264 g/mol. The first kappa shape index (κ1) is 12.2. The van der Waals surface area contributed by atoms with Crippen LogP contribution in [0.5, 0.6) is 0 Å². The Bertz CT molecular complexity index is 558. The van der Waals surface area contributed by atoms with E-state index in [1.807, 2.05) is 30.3 Å². The second kappa shape index (κ2) is 4.70. The lowest BCUT2D eigenvalue weighted by Gasteiger charge is -2.39. The van der Waals surface area contributed by atoms with Gasteiger partial charge in [0.05, 0.1) is 5.04 Å². The molecule has 1 fully saturated rings. The summed E-state index contributed by atoms with van der Waals surface area (Å²) in [7, 11) is 0. The first-order valence-corrected chi connectivity index (χ1v) is 6.82. The lowest BCUT2D eigenvalue weighted by Crippen LogP contribution is -2.61. The highest BCUT2D eigenvalue weighted by Crippen LogP contribution is 2.39. The molecule has 1 aromatic carbocycles. The predicted molar refractivity (Wildman–Crippen MR) is 72.1 cm³/mol. The van der Waals surface area contributed by atoms with E-state index in [0.29, 0.717) is 6.42 Å². The molecule has 5 nitrogen and oxygen atoms in total. The molecule has 2 heterocycles. The lowest BCUT2D eigenvalue weighted by molar-refractivity contribution is -0.152. The van der Waals surface area contributed by atoms with Crippen LogP contribution in [-0.4, -0.2) is 44.9 Å². The van der Waals surface area contributed by atoms with E-state index in [-0.39, 0.29) is 23.9 Å². The van der Waals surface area contributed by atoms with Gasteiger partial charge in [0.2, 0.25) is 0 Å². The smallest absolute Gasteiger partial charge is 0.323 e. The molecular formula is C13H12N2O3S. The van der Waals surface area contributed by atoms with E-state index in [1.165, 1.54) is 16.7 Å². The summed E-state index contributed by atoms with van der Waals surface area (Å²) in [4.78, 5) is 28.1. The van der Waals surface area contributed by atoms with Crippen LogP contribution in [0.2, 0.25) is 0 Å². The number of hydrogen-bond acceptors (Lipinski definition) is 4. The molecule has 1 N–H and O–H groups in total. The van der Waals surface area contributed by atoms with Gasteiger partial charge in [0, 0.05) is 6.42 Å². The van der Waals surface area contributed by atoms with Crippen LogP contribution in [0.3, 0.4) is 0 Å². The molecule has 0 spiro atoms. The largest absolute Gasteiger partial charge is 0.480 e. The summed E-state index contributed by atoms with van der Waals surface area (Å²) >= 11 is 1.50. The first-order chi connectivity index (χ1) is 9.15. The van der Waals surface area contributed by atoms with Gasteiger partial charge in [0.1, 0.15) is 11.9 Å². The molecule has 2 atom stereocenters. The van der Waals surface area contributed by atoms with E-state index in [1.54, 1.807) is 0 Å². The number of carboxylic acids is 1. The van der Waals surface area contributed by atoms with Gasteiger partial charge >= 0.3 is 5.97 Å². The van der Waals surface area contributed by atoms with Gasteiger partial charge in [0.25, 0.3) is 5.91 Å². The second-order valence-corrected chi connectivity index (χ2v) is 5.69. The van der Waals surface area contributed by atoms with Gasteiger partial charge in [0.15, 0.2) is 6.04 Å². The third-order valence-electron chi connectivity index (χ3n) is 3.16. The third kappa shape index (κ3) is 2.23. The van der Waals surface area contributed by atoms with Crippen molar-refractivity contribution >= 4 is 28.7 Å². The highest BCUT2D eigenvalue weighted by Gasteiger charge is 2.52. The molecule has 0 bridgehead atoms. The molecule has 1 saturated heterocycles. The van der Waals surface area contributed by atoms with Gasteiger partial charge in [-0.2, -0.15) is 0 Å². The second-order valence-electron chi connectivity index (χ2n) is 4.50. The number of carbonyl (C=O) groups excluding carboxylic acids is 1. The number of fused-ring (bicyclic) bond motifs is 1. The van der Waals surface area contributed by atoms with E-state index in [2.05, 4.69) is 4.99 Å². The van der Waals surface area contributed by atoms with Crippen molar-refractivity contribution in [3.63, 3.8) is 0 Å². The Kier molecular flexibility index (Phi) is 3.02. The number of aliphatic imine (C=N–C) groups is 1. The fourth-order valence-electron chi connectivity index (χ4n) is 2.25. The fourth-order valence-corrected chi connectivity index (χ4v) is 3.56. The molecule has 0 unspecified atom stereocenters. The number of benzene rings is 1. The summed E-state index contributed by atoms with van der Waals surface area (Å²) in [5.41, 5.74) is 1.15. The van der Waals surface area contributed by atoms with Crippen molar-refractivity contribution in [3.05, 3.63) is 35.9 Å². The van der Waals surface area contributed by atoms with Gasteiger partial charge < -0.3 is 10.0 Å². The number of aliphatic carboxylic acids is 1. The van der Waals surface area contributed by atoms with Crippen molar-refractivity contribution in [2.75, 3.05) is 6.54 Å². The minimum Gasteiger partial charge on any atom is -0.480 e. The molecule has 0 aliphatic carbocycles. The molecule has 0 saturated carbocycles. The van der Waals surface area contributed by atoms with E-state index >= 15 is 0 Å². The van der Waals surface area contributed by atoms with Crippen LogP contribution in [0, 0.1) is 0 Å². The normalized spacial score (nSPS) is 24.7. The minimum atomic E-state index is -0.982. The molecule has 3 rings (SSSR count). The van der Waals surface area contributed by atoms with Gasteiger partial charge in [-0.15, -0.1) is 0 Å². The van der Waals surface area contributed by atoms with E-state index in [9.17, 15) is 9.59 Å². The van der Waals surface area contributed by atoms with Gasteiger partial charge in [-0.05, 0) is 5.56 Å². The fraction of sp³-hybridized carbons (Fsp3) is 0.308. The van der Waals surface area contributed by atoms with Crippen LogP contribution in [0.25, 0.3) is 0 Å². The number of rotatable bonds is 4.